The molecule has 0 aliphatic carbocycles. The lowest BCUT2D eigenvalue weighted by Gasteiger charge is -2.36. The summed E-state index contributed by atoms with van der Waals surface area (Å²) in [5, 5.41) is 3.10. The summed E-state index contributed by atoms with van der Waals surface area (Å²) >= 11 is 0. The summed E-state index contributed by atoms with van der Waals surface area (Å²) in [6.45, 7) is 7.54. The summed E-state index contributed by atoms with van der Waals surface area (Å²) in [6.07, 6.45) is 2.72. The standard InChI is InChI=1S/C37H49N6O8P/c1-5-8-25-49-37(46)42-23-21-41(22-24-42)36(45)33(28-17-12-13-18-30(28)52(47,50-6-2)51-7-3)40-35(44)29-26-31(43-20-14-19-32(43)48-4)39-34(38-29)27-15-10-9-11-16-27/h9-13,15-18,26,32-33H,5-8,14,19-25H2,1-4H3,(H,40,44)/t32-,33-/m0/s1. The molecule has 2 saturated heterocycles. The van der Waals surface area contributed by atoms with E-state index in [4.69, 9.17) is 23.5 Å². The number of hydrogen-bond donors (Lipinski definition) is 1. The Morgan fingerprint density at radius 1 is 0.904 bits per heavy atom. The molecular formula is C37H49N6O8P. The number of hydrogen-bond acceptors (Lipinski definition) is 11. The summed E-state index contributed by atoms with van der Waals surface area (Å²) in [4.78, 5) is 56.2. The molecular weight excluding hydrogens is 687 g/mol. The Morgan fingerprint density at radius 3 is 2.25 bits per heavy atom. The second-order valence-corrected chi connectivity index (χ2v) is 14.4. The zero-order chi connectivity index (χ0) is 37.1. The van der Waals surface area contributed by atoms with Crippen LogP contribution in [0.1, 0.15) is 68.5 Å². The van der Waals surface area contributed by atoms with Crippen LogP contribution >= 0.6 is 7.60 Å². The van der Waals surface area contributed by atoms with Gasteiger partial charge in [0.2, 0.25) is 5.91 Å². The highest BCUT2D eigenvalue weighted by Gasteiger charge is 2.38. The normalized spacial score (nSPS) is 16.8. The second kappa shape index (κ2) is 18.4. The van der Waals surface area contributed by atoms with Gasteiger partial charge in [0, 0.05) is 51.5 Å². The van der Waals surface area contributed by atoms with E-state index in [1.165, 1.54) is 0 Å². The summed E-state index contributed by atoms with van der Waals surface area (Å²) in [5.41, 5.74) is 1.02. The van der Waals surface area contributed by atoms with E-state index in [0.717, 1.165) is 25.7 Å². The van der Waals surface area contributed by atoms with E-state index < -0.39 is 31.5 Å². The van der Waals surface area contributed by atoms with Crippen molar-refractivity contribution >= 4 is 36.6 Å². The van der Waals surface area contributed by atoms with Gasteiger partial charge in [0.15, 0.2) is 5.82 Å². The van der Waals surface area contributed by atoms with Crippen LogP contribution in [0.25, 0.3) is 11.4 Å². The number of amides is 3. The fourth-order valence-corrected chi connectivity index (χ4v) is 8.14. The molecule has 2 atom stereocenters. The van der Waals surface area contributed by atoms with Gasteiger partial charge in [-0.25, -0.2) is 14.8 Å². The van der Waals surface area contributed by atoms with Crippen molar-refractivity contribution in [2.45, 2.75) is 58.7 Å². The Kier molecular flexibility index (Phi) is 13.8. The van der Waals surface area contributed by atoms with Gasteiger partial charge in [0.1, 0.15) is 23.8 Å². The molecule has 2 aliphatic heterocycles. The number of rotatable bonds is 15. The first kappa shape index (κ1) is 38.9. The van der Waals surface area contributed by atoms with Crippen LogP contribution in [0.2, 0.25) is 0 Å². The van der Waals surface area contributed by atoms with Crippen LogP contribution in [-0.4, -0.2) is 104 Å². The summed E-state index contributed by atoms with van der Waals surface area (Å²) in [6, 6.07) is 16.2. The van der Waals surface area contributed by atoms with Crippen LogP contribution < -0.4 is 15.5 Å². The maximum Gasteiger partial charge on any atom is 0.409 e. The number of nitrogens with one attached hydrogen (secondary N) is 1. The van der Waals surface area contributed by atoms with Crippen molar-refractivity contribution in [2.24, 2.45) is 0 Å². The number of methoxy groups -OCH3 is 1. The first-order valence-electron chi connectivity index (χ1n) is 18.0. The van der Waals surface area contributed by atoms with Gasteiger partial charge in [-0.2, -0.15) is 0 Å². The smallest absolute Gasteiger partial charge is 0.409 e. The highest BCUT2D eigenvalue weighted by atomic mass is 31.2. The number of carbonyl (C=O) groups excluding carboxylic acids is 3. The van der Waals surface area contributed by atoms with Gasteiger partial charge >= 0.3 is 13.7 Å². The zero-order valence-electron chi connectivity index (χ0n) is 30.4. The number of carbonyl (C=O) groups is 3. The molecule has 0 saturated carbocycles. The average molecular weight is 737 g/mol. The molecule has 15 heteroatoms. The van der Waals surface area contributed by atoms with Crippen LogP contribution in [-0.2, 0) is 27.9 Å². The largest absolute Gasteiger partial charge is 0.449 e. The van der Waals surface area contributed by atoms with Crippen molar-refractivity contribution in [1.29, 1.82) is 0 Å². The van der Waals surface area contributed by atoms with Crippen LogP contribution in [0.4, 0.5) is 10.6 Å². The maximum absolute atomic E-state index is 14.5. The van der Waals surface area contributed by atoms with Crippen molar-refractivity contribution in [3.63, 3.8) is 0 Å². The Morgan fingerprint density at radius 2 is 1.58 bits per heavy atom. The van der Waals surface area contributed by atoms with E-state index in [1.54, 1.807) is 61.1 Å². The third-order valence-corrected chi connectivity index (χ3v) is 11.2. The van der Waals surface area contributed by atoms with Gasteiger partial charge in [-0.15, -0.1) is 0 Å². The summed E-state index contributed by atoms with van der Waals surface area (Å²) in [5.74, 6) is -0.225. The Hall–Kier alpha value is -4.36. The van der Waals surface area contributed by atoms with Gasteiger partial charge in [-0.3, -0.25) is 14.2 Å². The number of benzene rings is 2. The molecule has 280 valence electrons. The van der Waals surface area contributed by atoms with Crippen molar-refractivity contribution in [3.05, 3.63) is 71.9 Å². The van der Waals surface area contributed by atoms with Crippen LogP contribution in [0.15, 0.2) is 60.7 Å². The molecule has 52 heavy (non-hydrogen) atoms. The summed E-state index contributed by atoms with van der Waals surface area (Å²) < 4.78 is 36.7. The number of piperazine rings is 1. The van der Waals surface area contributed by atoms with Crippen molar-refractivity contribution in [2.75, 3.05) is 64.6 Å². The number of nitrogens with zero attached hydrogens (tertiary/aromatic N) is 5. The fourth-order valence-electron chi connectivity index (χ4n) is 6.32. The quantitative estimate of drug-likeness (QED) is 0.163. The lowest BCUT2D eigenvalue weighted by molar-refractivity contribution is -0.135. The van der Waals surface area contributed by atoms with Gasteiger partial charge < -0.3 is 38.5 Å². The monoisotopic (exact) mass is 736 g/mol. The van der Waals surface area contributed by atoms with E-state index >= 15 is 0 Å². The number of ether oxygens (including phenoxy) is 2. The molecule has 14 nitrogen and oxygen atoms in total. The number of unbranched alkanes of at least 4 members (excludes halogenated alkanes) is 1. The van der Waals surface area contributed by atoms with E-state index in [1.807, 2.05) is 42.2 Å². The molecule has 0 radical (unpaired) electrons. The molecule has 3 aromatic rings. The molecule has 3 amide bonds. The maximum atomic E-state index is 14.5. The van der Waals surface area contributed by atoms with Crippen molar-refractivity contribution in [1.82, 2.24) is 25.1 Å². The fraction of sp³-hybridized carbons (Fsp3) is 0.486. The minimum Gasteiger partial charge on any atom is -0.449 e. The van der Waals surface area contributed by atoms with E-state index in [2.05, 4.69) is 10.3 Å². The van der Waals surface area contributed by atoms with Gasteiger partial charge in [0.05, 0.1) is 25.1 Å². The van der Waals surface area contributed by atoms with Crippen molar-refractivity contribution in [3.8, 4) is 11.4 Å². The highest BCUT2D eigenvalue weighted by Crippen LogP contribution is 2.48. The van der Waals surface area contributed by atoms with E-state index in [9.17, 15) is 18.9 Å². The molecule has 1 N–H and O–H groups in total. The summed E-state index contributed by atoms with van der Waals surface area (Å²) in [7, 11) is -2.27. The van der Waals surface area contributed by atoms with Gasteiger partial charge in [0.25, 0.3) is 5.91 Å². The first-order valence-corrected chi connectivity index (χ1v) is 19.5. The molecule has 3 heterocycles. The number of aromatic nitrogens is 2. The molecule has 1 aromatic heterocycles. The average Bonchev–Trinajstić information content (AvgIpc) is 3.66. The lowest BCUT2D eigenvalue weighted by Crippen LogP contribution is -2.54. The van der Waals surface area contributed by atoms with Crippen molar-refractivity contribution < 1.29 is 37.5 Å². The third kappa shape index (κ3) is 9.16. The van der Waals surface area contributed by atoms with Crippen LogP contribution in [0, 0.1) is 0 Å². The van der Waals surface area contributed by atoms with Gasteiger partial charge in [-0.05, 0) is 44.7 Å². The predicted octanol–water partition coefficient (Wildman–Crippen LogP) is 5.16. The topological polar surface area (TPSA) is 153 Å². The predicted molar refractivity (Wildman–Crippen MR) is 196 cm³/mol. The molecule has 0 spiro atoms. The Bertz CT molecular complexity index is 1710. The van der Waals surface area contributed by atoms with E-state index in [0.29, 0.717) is 30.4 Å². The SMILES string of the molecule is CCCCOC(=O)N1CCN(C(=O)[C@@H](NC(=O)c2cc(N3CCC[C@@H]3OC)nc(-c3ccccc3)n2)c2ccccc2P(=O)(OCC)OCC)CC1. The van der Waals surface area contributed by atoms with Gasteiger partial charge in [-0.1, -0.05) is 61.9 Å². The Labute approximate surface area is 305 Å². The molecule has 2 aromatic carbocycles. The van der Waals surface area contributed by atoms with Crippen LogP contribution in [0.5, 0.6) is 0 Å². The molecule has 2 aliphatic rings. The minimum atomic E-state index is -3.91. The van der Waals surface area contributed by atoms with E-state index in [-0.39, 0.29) is 62.2 Å². The molecule has 2 fully saturated rings. The number of anilines is 1. The minimum absolute atomic E-state index is 0.0401. The first-order chi connectivity index (χ1) is 25.2. The molecule has 5 rings (SSSR count). The molecule has 0 unspecified atom stereocenters. The third-order valence-electron chi connectivity index (χ3n) is 8.98. The zero-order valence-corrected chi connectivity index (χ0v) is 31.3. The highest BCUT2D eigenvalue weighted by molar-refractivity contribution is 7.62. The lowest BCUT2D eigenvalue weighted by atomic mass is 10.0. The van der Waals surface area contributed by atoms with Crippen LogP contribution in [0.3, 0.4) is 0 Å². The molecule has 0 bridgehead atoms. The Balaban J connectivity index is 1.51. The second-order valence-electron chi connectivity index (χ2n) is 12.4.